The average molecular weight is 475 g/mol. The molecule has 0 spiro atoms. The van der Waals surface area contributed by atoms with Crippen LogP contribution >= 0.6 is 0 Å². The zero-order valence-electron chi connectivity index (χ0n) is 19.6. The smallest absolute Gasteiger partial charge is 0.336 e. The fourth-order valence-electron chi connectivity index (χ4n) is 4.82. The molecule has 0 radical (unpaired) electrons. The maximum Gasteiger partial charge on any atom is 0.336 e. The SMILES string of the molecule is CCCc1cc(=O)oc2cc(OCC(=O)N3Cc4[nH]c5ccccc5c4CC3C(=O)OC)ccc12. The Morgan fingerprint density at radius 2 is 1.97 bits per heavy atom. The summed E-state index contributed by atoms with van der Waals surface area (Å²) in [5, 5.41) is 1.89. The van der Waals surface area contributed by atoms with Crippen LogP contribution in [0.5, 0.6) is 5.75 Å². The van der Waals surface area contributed by atoms with Crippen molar-refractivity contribution >= 4 is 33.7 Å². The van der Waals surface area contributed by atoms with Crippen molar-refractivity contribution in [3.63, 3.8) is 0 Å². The van der Waals surface area contributed by atoms with Crippen LogP contribution in [0, 0.1) is 0 Å². The molecule has 5 rings (SSSR count). The third kappa shape index (κ3) is 4.27. The number of aromatic amines is 1. The number of esters is 1. The van der Waals surface area contributed by atoms with E-state index >= 15 is 0 Å². The monoisotopic (exact) mass is 474 g/mol. The van der Waals surface area contributed by atoms with Crippen LogP contribution in [0.3, 0.4) is 0 Å². The van der Waals surface area contributed by atoms with E-state index in [9.17, 15) is 14.4 Å². The van der Waals surface area contributed by atoms with Gasteiger partial charge in [0.25, 0.3) is 5.91 Å². The number of nitrogens with one attached hydrogen (secondary N) is 1. The van der Waals surface area contributed by atoms with Gasteiger partial charge in [0.15, 0.2) is 6.61 Å². The summed E-state index contributed by atoms with van der Waals surface area (Å²) < 4.78 is 16.1. The van der Waals surface area contributed by atoms with Gasteiger partial charge in [0.1, 0.15) is 17.4 Å². The lowest BCUT2D eigenvalue weighted by molar-refractivity contribution is -0.154. The number of ether oxygens (including phenoxy) is 2. The predicted octanol–water partition coefficient (Wildman–Crippen LogP) is 3.73. The third-order valence-corrected chi connectivity index (χ3v) is 6.48. The van der Waals surface area contributed by atoms with Crippen molar-refractivity contribution in [1.29, 1.82) is 0 Å². The molecule has 8 nitrogen and oxygen atoms in total. The van der Waals surface area contributed by atoms with E-state index in [0.29, 0.717) is 17.8 Å². The Labute approximate surface area is 201 Å². The van der Waals surface area contributed by atoms with Crippen molar-refractivity contribution < 1.29 is 23.5 Å². The lowest BCUT2D eigenvalue weighted by atomic mass is 9.96. The van der Waals surface area contributed by atoms with Crippen LogP contribution in [-0.4, -0.2) is 41.5 Å². The first kappa shape index (κ1) is 22.7. The Bertz CT molecular complexity index is 1480. The standard InChI is InChI=1S/C27H26N2O6/c1-3-6-16-11-26(31)35-24-12-17(9-10-18(16)24)34-15-25(30)29-14-22-20(13-23(29)27(32)33-2)19-7-4-5-8-21(19)28-22/h4-5,7-12,23,28H,3,6,13-15H2,1-2H3. The topological polar surface area (TPSA) is 102 Å². The highest BCUT2D eigenvalue weighted by Crippen LogP contribution is 2.31. The second kappa shape index (κ2) is 9.29. The van der Waals surface area contributed by atoms with Crippen molar-refractivity contribution in [2.24, 2.45) is 0 Å². The molecule has 3 heterocycles. The Kier molecular flexibility index (Phi) is 6.03. The van der Waals surface area contributed by atoms with E-state index in [4.69, 9.17) is 13.9 Å². The highest BCUT2D eigenvalue weighted by Gasteiger charge is 2.37. The number of carbonyl (C=O) groups is 2. The number of carbonyl (C=O) groups excluding carboxylic acids is 2. The summed E-state index contributed by atoms with van der Waals surface area (Å²) in [5.74, 6) is -0.406. The van der Waals surface area contributed by atoms with Crippen LogP contribution in [0.15, 0.2) is 57.7 Å². The number of benzene rings is 2. The summed E-state index contributed by atoms with van der Waals surface area (Å²) in [5.41, 5.74) is 3.80. The van der Waals surface area contributed by atoms with E-state index in [2.05, 4.69) is 4.98 Å². The Hall–Kier alpha value is -4.07. The number of rotatable bonds is 6. The molecule has 2 aromatic heterocycles. The van der Waals surface area contributed by atoms with Gasteiger partial charge in [-0.25, -0.2) is 9.59 Å². The number of H-pyrrole nitrogens is 1. The molecular weight excluding hydrogens is 448 g/mol. The van der Waals surface area contributed by atoms with Gasteiger partial charge in [-0.1, -0.05) is 31.5 Å². The largest absolute Gasteiger partial charge is 0.484 e. The first-order chi connectivity index (χ1) is 17.0. The zero-order chi connectivity index (χ0) is 24.5. The van der Waals surface area contributed by atoms with Crippen molar-refractivity contribution in [3.05, 3.63) is 75.8 Å². The summed E-state index contributed by atoms with van der Waals surface area (Å²) in [6.07, 6.45) is 2.03. The van der Waals surface area contributed by atoms with Gasteiger partial charge < -0.3 is 23.8 Å². The molecule has 0 aliphatic carbocycles. The van der Waals surface area contributed by atoms with Gasteiger partial charge in [-0.2, -0.15) is 0 Å². The fourth-order valence-corrected chi connectivity index (χ4v) is 4.82. The fraction of sp³-hybridized carbons (Fsp3) is 0.296. The maximum absolute atomic E-state index is 13.2. The number of amides is 1. The number of aromatic nitrogens is 1. The van der Waals surface area contributed by atoms with Gasteiger partial charge in [0.05, 0.1) is 13.7 Å². The minimum absolute atomic E-state index is 0.249. The lowest BCUT2D eigenvalue weighted by Crippen LogP contribution is -2.50. The normalized spacial score (nSPS) is 15.3. The molecule has 1 N–H and O–H groups in total. The summed E-state index contributed by atoms with van der Waals surface area (Å²) in [4.78, 5) is 42.6. The average Bonchev–Trinajstić information content (AvgIpc) is 3.23. The molecule has 0 saturated heterocycles. The molecule has 1 atom stereocenters. The molecule has 0 bridgehead atoms. The van der Waals surface area contributed by atoms with Gasteiger partial charge in [-0.3, -0.25) is 4.79 Å². The molecule has 180 valence electrons. The maximum atomic E-state index is 13.2. The van der Waals surface area contributed by atoms with E-state index in [1.54, 1.807) is 12.1 Å². The highest BCUT2D eigenvalue weighted by molar-refractivity contribution is 5.90. The molecule has 1 aliphatic heterocycles. The second-order valence-electron chi connectivity index (χ2n) is 8.68. The van der Waals surface area contributed by atoms with Gasteiger partial charge in [-0.05, 0) is 35.7 Å². The van der Waals surface area contributed by atoms with Gasteiger partial charge in [0, 0.05) is 40.5 Å². The van der Waals surface area contributed by atoms with Crippen molar-refractivity contribution in [1.82, 2.24) is 9.88 Å². The van der Waals surface area contributed by atoms with Crippen molar-refractivity contribution in [2.45, 2.75) is 38.8 Å². The summed E-state index contributed by atoms with van der Waals surface area (Å²) >= 11 is 0. The number of para-hydroxylation sites is 1. The number of methoxy groups -OCH3 is 1. The van der Waals surface area contributed by atoms with Crippen molar-refractivity contribution in [3.8, 4) is 5.75 Å². The molecule has 35 heavy (non-hydrogen) atoms. The molecule has 0 fully saturated rings. The molecular formula is C27H26N2O6. The number of hydrogen-bond acceptors (Lipinski definition) is 6. The third-order valence-electron chi connectivity index (χ3n) is 6.48. The molecule has 1 amide bonds. The van der Waals surface area contributed by atoms with Crippen LogP contribution in [0.1, 0.15) is 30.2 Å². The first-order valence-corrected chi connectivity index (χ1v) is 11.6. The lowest BCUT2D eigenvalue weighted by Gasteiger charge is -2.33. The predicted molar refractivity (Wildman–Crippen MR) is 130 cm³/mol. The Morgan fingerprint density at radius 1 is 1.14 bits per heavy atom. The highest BCUT2D eigenvalue weighted by atomic mass is 16.5. The van der Waals surface area contributed by atoms with Crippen LogP contribution in [0.2, 0.25) is 0 Å². The first-order valence-electron chi connectivity index (χ1n) is 11.6. The molecule has 0 saturated carbocycles. The van der Waals surface area contributed by atoms with E-state index in [1.165, 1.54) is 18.1 Å². The number of fused-ring (bicyclic) bond motifs is 4. The van der Waals surface area contributed by atoms with E-state index < -0.39 is 17.6 Å². The number of aryl methyl sites for hydroxylation is 1. The van der Waals surface area contributed by atoms with Gasteiger partial charge in [-0.15, -0.1) is 0 Å². The minimum Gasteiger partial charge on any atom is -0.484 e. The molecule has 4 aromatic rings. The van der Waals surface area contributed by atoms with E-state index in [0.717, 1.165) is 46.0 Å². The van der Waals surface area contributed by atoms with Crippen molar-refractivity contribution in [2.75, 3.05) is 13.7 Å². The summed E-state index contributed by atoms with van der Waals surface area (Å²) in [6.45, 7) is 2.02. The van der Waals surface area contributed by atoms with E-state index in [1.807, 2.05) is 37.3 Å². The van der Waals surface area contributed by atoms with Crippen LogP contribution in [0.25, 0.3) is 21.9 Å². The van der Waals surface area contributed by atoms with Gasteiger partial charge >= 0.3 is 11.6 Å². The minimum atomic E-state index is -0.742. The molecule has 1 unspecified atom stereocenters. The summed E-state index contributed by atoms with van der Waals surface area (Å²) in [6, 6.07) is 13.8. The summed E-state index contributed by atoms with van der Waals surface area (Å²) in [7, 11) is 1.32. The van der Waals surface area contributed by atoms with Gasteiger partial charge in [0.2, 0.25) is 0 Å². The Morgan fingerprint density at radius 3 is 2.77 bits per heavy atom. The molecule has 2 aromatic carbocycles. The number of hydrogen-bond donors (Lipinski definition) is 1. The molecule has 8 heteroatoms. The Balaban J connectivity index is 1.37. The van der Waals surface area contributed by atoms with Crippen LogP contribution in [0.4, 0.5) is 0 Å². The quantitative estimate of drug-likeness (QED) is 0.338. The molecule has 1 aliphatic rings. The van der Waals surface area contributed by atoms with Crippen LogP contribution < -0.4 is 10.4 Å². The van der Waals surface area contributed by atoms with Crippen LogP contribution in [-0.2, 0) is 33.7 Å². The second-order valence-corrected chi connectivity index (χ2v) is 8.68. The van der Waals surface area contributed by atoms with E-state index in [-0.39, 0.29) is 19.1 Å². The number of nitrogens with zero attached hydrogens (tertiary/aromatic N) is 1. The zero-order valence-corrected chi connectivity index (χ0v) is 19.6.